The number of fused-ring (bicyclic) bond motifs is 1. The van der Waals surface area contributed by atoms with Gasteiger partial charge in [0.1, 0.15) is 22.9 Å². The normalized spacial score (nSPS) is 17.1. The van der Waals surface area contributed by atoms with E-state index in [0.29, 0.717) is 48.6 Å². The second-order valence-corrected chi connectivity index (χ2v) is 8.06. The topological polar surface area (TPSA) is 72.9 Å². The summed E-state index contributed by atoms with van der Waals surface area (Å²) in [6.07, 6.45) is 1.56. The van der Waals surface area contributed by atoms with Crippen molar-refractivity contribution in [1.82, 2.24) is 4.90 Å². The van der Waals surface area contributed by atoms with Gasteiger partial charge in [0.2, 0.25) is 5.91 Å². The fraction of sp³-hybridized carbons (Fsp3) is 0.375. The number of piperidine rings is 1. The lowest BCUT2D eigenvalue weighted by Gasteiger charge is -2.44. The molecule has 1 saturated heterocycles. The fourth-order valence-electron chi connectivity index (χ4n) is 4.20. The van der Waals surface area contributed by atoms with E-state index in [1.165, 1.54) is 24.3 Å². The molecule has 2 heterocycles. The van der Waals surface area contributed by atoms with E-state index in [9.17, 15) is 18.8 Å². The Kier molecular flexibility index (Phi) is 5.76. The average molecular weight is 425 g/mol. The molecule has 2 aromatic carbocycles. The van der Waals surface area contributed by atoms with Gasteiger partial charge in [0, 0.05) is 50.4 Å². The number of carbonyl (C=O) groups excluding carboxylic acids is 3. The number of ether oxygens (including phenoxy) is 2. The summed E-state index contributed by atoms with van der Waals surface area (Å²) >= 11 is 0. The fourth-order valence-corrected chi connectivity index (χ4v) is 4.20. The highest BCUT2D eigenvalue weighted by Crippen LogP contribution is 2.40. The summed E-state index contributed by atoms with van der Waals surface area (Å²) in [5.74, 6) is 0.498. The molecule has 1 amide bonds. The van der Waals surface area contributed by atoms with Crippen molar-refractivity contribution < 1.29 is 28.2 Å². The number of carbonyl (C=O) groups is 3. The van der Waals surface area contributed by atoms with Gasteiger partial charge in [-0.05, 0) is 36.4 Å². The molecule has 0 aromatic heterocycles. The molecule has 4 rings (SSSR count). The Morgan fingerprint density at radius 3 is 2.48 bits per heavy atom. The van der Waals surface area contributed by atoms with Gasteiger partial charge in [-0.1, -0.05) is 0 Å². The van der Waals surface area contributed by atoms with Gasteiger partial charge in [0.05, 0.1) is 19.1 Å². The quantitative estimate of drug-likeness (QED) is 0.681. The van der Waals surface area contributed by atoms with E-state index in [0.717, 1.165) is 0 Å². The molecule has 0 radical (unpaired) electrons. The first kappa shape index (κ1) is 21.0. The second-order valence-electron chi connectivity index (χ2n) is 8.06. The van der Waals surface area contributed by atoms with E-state index >= 15 is 0 Å². The SMILES string of the molecule is COc1ccc2c(c1)OC1(CCN(C(=O)CCC(=O)c3ccc(F)cc3)CC1)CC2=O. The number of nitrogens with zero attached hydrogens (tertiary/aromatic N) is 1. The van der Waals surface area contributed by atoms with Gasteiger partial charge in [-0.3, -0.25) is 14.4 Å². The maximum Gasteiger partial charge on any atom is 0.223 e. The number of Topliss-reactive ketones (excluding diaryl/α,β-unsaturated/α-hetero) is 2. The van der Waals surface area contributed by atoms with Gasteiger partial charge < -0.3 is 14.4 Å². The van der Waals surface area contributed by atoms with Crippen LogP contribution in [-0.2, 0) is 4.79 Å². The zero-order valence-electron chi connectivity index (χ0n) is 17.4. The third kappa shape index (κ3) is 4.45. The minimum absolute atomic E-state index is 0.0357. The minimum Gasteiger partial charge on any atom is -0.497 e. The van der Waals surface area contributed by atoms with Crippen molar-refractivity contribution in [2.75, 3.05) is 20.2 Å². The van der Waals surface area contributed by atoms with Crippen LogP contribution < -0.4 is 9.47 Å². The van der Waals surface area contributed by atoms with Gasteiger partial charge in [0.15, 0.2) is 11.6 Å². The predicted octanol–water partition coefficient (Wildman–Crippen LogP) is 3.82. The van der Waals surface area contributed by atoms with Crippen molar-refractivity contribution in [1.29, 1.82) is 0 Å². The van der Waals surface area contributed by atoms with Crippen molar-refractivity contribution in [3.05, 3.63) is 59.4 Å². The molecule has 2 aliphatic rings. The van der Waals surface area contributed by atoms with E-state index in [1.54, 1.807) is 30.2 Å². The van der Waals surface area contributed by atoms with Crippen LogP contribution in [0.1, 0.15) is 52.8 Å². The number of hydrogen-bond acceptors (Lipinski definition) is 5. The molecule has 0 unspecified atom stereocenters. The number of ketones is 2. The lowest BCUT2D eigenvalue weighted by atomic mass is 9.82. The zero-order valence-corrected chi connectivity index (χ0v) is 17.4. The van der Waals surface area contributed by atoms with Crippen molar-refractivity contribution in [3.63, 3.8) is 0 Å². The number of methoxy groups -OCH3 is 1. The van der Waals surface area contributed by atoms with Crippen molar-refractivity contribution in [2.24, 2.45) is 0 Å². The molecule has 6 nitrogen and oxygen atoms in total. The van der Waals surface area contributed by atoms with Crippen LogP contribution in [-0.4, -0.2) is 48.2 Å². The molecule has 1 spiro atoms. The highest BCUT2D eigenvalue weighted by molar-refractivity contribution is 6.00. The number of amides is 1. The van der Waals surface area contributed by atoms with Gasteiger partial charge in [-0.15, -0.1) is 0 Å². The molecule has 7 heteroatoms. The molecule has 0 atom stereocenters. The first-order valence-electron chi connectivity index (χ1n) is 10.4. The largest absolute Gasteiger partial charge is 0.497 e. The monoisotopic (exact) mass is 425 g/mol. The smallest absolute Gasteiger partial charge is 0.223 e. The van der Waals surface area contributed by atoms with Crippen molar-refractivity contribution in [2.45, 2.75) is 37.7 Å². The summed E-state index contributed by atoms with van der Waals surface area (Å²) in [7, 11) is 1.56. The summed E-state index contributed by atoms with van der Waals surface area (Å²) in [5.41, 5.74) is 0.344. The third-order valence-corrected chi connectivity index (χ3v) is 6.06. The molecule has 162 valence electrons. The zero-order chi connectivity index (χ0) is 22.0. The van der Waals surface area contributed by atoms with Gasteiger partial charge in [-0.2, -0.15) is 0 Å². The summed E-state index contributed by atoms with van der Waals surface area (Å²) < 4.78 is 24.5. The van der Waals surface area contributed by atoms with Gasteiger partial charge in [-0.25, -0.2) is 4.39 Å². The number of benzene rings is 2. The Labute approximate surface area is 179 Å². The minimum atomic E-state index is -0.614. The first-order valence-corrected chi connectivity index (χ1v) is 10.4. The number of hydrogen-bond donors (Lipinski definition) is 0. The third-order valence-electron chi connectivity index (χ3n) is 6.06. The Morgan fingerprint density at radius 2 is 1.81 bits per heavy atom. The van der Waals surface area contributed by atoms with Crippen LogP contribution in [0.3, 0.4) is 0 Å². The standard InChI is InChI=1S/C24H24FNO5/c1-30-18-6-7-19-21(28)15-24(31-22(19)14-18)10-12-26(13-11-24)23(29)9-8-20(27)16-2-4-17(25)5-3-16/h2-7,14H,8-13,15H2,1H3. The van der Waals surface area contributed by atoms with Gasteiger partial charge >= 0.3 is 0 Å². The second kappa shape index (κ2) is 8.49. The number of likely N-dealkylation sites (tertiary alicyclic amines) is 1. The van der Waals surface area contributed by atoms with E-state index in [-0.39, 0.29) is 36.7 Å². The Balaban J connectivity index is 1.33. The number of rotatable bonds is 5. The van der Waals surface area contributed by atoms with Crippen LogP contribution in [0.4, 0.5) is 4.39 Å². The van der Waals surface area contributed by atoms with E-state index < -0.39 is 11.4 Å². The highest BCUT2D eigenvalue weighted by Gasteiger charge is 2.43. The molecule has 0 bridgehead atoms. The summed E-state index contributed by atoms with van der Waals surface area (Å²) in [6.45, 7) is 0.937. The molecular weight excluding hydrogens is 401 g/mol. The highest BCUT2D eigenvalue weighted by atomic mass is 19.1. The van der Waals surface area contributed by atoms with Crippen LogP contribution in [0.5, 0.6) is 11.5 Å². The van der Waals surface area contributed by atoms with Gasteiger partial charge in [0.25, 0.3) is 0 Å². The van der Waals surface area contributed by atoms with E-state index in [2.05, 4.69) is 0 Å². The maximum atomic E-state index is 13.0. The maximum absolute atomic E-state index is 13.0. The van der Waals surface area contributed by atoms with E-state index in [1.807, 2.05) is 0 Å². The summed E-state index contributed by atoms with van der Waals surface area (Å²) in [6, 6.07) is 10.5. The van der Waals surface area contributed by atoms with E-state index in [4.69, 9.17) is 9.47 Å². The Bertz CT molecular complexity index is 1010. The number of halogens is 1. The van der Waals surface area contributed by atoms with Crippen LogP contribution in [0.15, 0.2) is 42.5 Å². The Hall–Kier alpha value is -3.22. The van der Waals surface area contributed by atoms with Crippen molar-refractivity contribution >= 4 is 17.5 Å². The predicted molar refractivity (Wildman–Crippen MR) is 111 cm³/mol. The molecule has 0 aliphatic carbocycles. The first-order chi connectivity index (χ1) is 14.9. The molecule has 0 N–H and O–H groups in total. The molecular formula is C24H24FNO5. The molecule has 2 aliphatic heterocycles. The summed E-state index contributed by atoms with van der Waals surface area (Å²) in [4.78, 5) is 39.2. The van der Waals surface area contributed by atoms with Crippen LogP contribution in [0.2, 0.25) is 0 Å². The lowest BCUT2D eigenvalue weighted by Crippen LogP contribution is -2.52. The molecule has 2 aromatic rings. The molecule has 1 fully saturated rings. The van der Waals surface area contributed by atoms with Crippen molar-refractivity contribution in [3.8, 4) is 11.5 Å². The Morgan fingerprint density at radius 1 is 1.10 bits per heavy atom. The van der Waals surface area contributed by atoms with Crippen LogP contribution in [0.25, 0.3) is 0 Å². The molecule has 31 heavy (non-hydrogen) atoms. The average Bonchev–Trinajstić information content (AvgIpc) is 2.77. The van der Waals surface area contributed by atoms with Crippen LogP contribution in [0, 0.1) is 5.82 Å². The lowest BCUT2D eigenvalue weighted by molar-refractivity contribution is -0.134. The molecule has 0 saturated carbocycles. The summed E-state index contributed by atoms with van der Waals surface area (Å²) in [5, 5.41) is 0. The van der Waals surface area contributed by atoms with Crippen LogP contribution >= 0.6 is 0 Å².